The SMILES string of the molecule is O=C(Cl)c1cc([N+](=O)[O-])c(Cl)nc1C(F)F. The molecule has 0 aromatic carbocycles. The summed E-state index contributed by atoms with van der Waals surface area (Å²) in [5.74, 6) is 0. The summed E-state index contributed by atoms with van der Waals surface area (Å²) in [5, 5.41) is 8.44. The van der Waals surface area contributed by atoms with E-state index in [0.29, 0.717) is 6.07 Å². The van der Waals surface area contributed by atoms with E-state index in [1.165, 1.54) is 0 Å². The number of rotatable bonds is 3. The molecule has 1 rings (SSSR count). The molecule has 0 aliphatic rings. The van der Waals surface area contributed by atoms with Gasteiger partial charge in [-0.1, -0.05) is 11.6 Å². The van der Waals surface area contributed by atoms with Crippen LogP contribution in [-0.2, 0) is 0 Å². The second-order valence-corrected chi connectivity index (χ2v) is 3.26. The minimum atomic E-state index is -3.10. The summed E-state index contributed by atoms with van der Waals surface area (Å²) in [6, 6.07) is 0.576. The van der Waals surface area contributed by atoms with Gasteiger partial charge in [-0.05, 0) is 11.6 Å². The molecule has 1 heterocycles. The molecule has 0 aliphatic heterocycles. The zero-order valence-corrected chi connectivity index (χ0v) is 8.80. The average molecular weight is 271 g/mol. The van der Waals surface area contributed by atoms with E-state index in [2.05, 4.69) is 4.98 Å². The van der Waals surface area contributed by atoms with E-state index in [9.17, 15) is 23.7 Å². The maximum atomic E-state index is 12.4. The minimum absolute atomic E-state index is 0.576. The van der Waals surface area contributed by atoms with Crippen LogP contribution in [0.2, 0.25) is 5.15 Å². The van der Waals surface area contributed by atoms with Gasteiger partial charge < -0.3 is 0 Å². The first-order valence-corrected chi connectivity index (χ1v) is 4.43. The Morgan fingerprint density at radius 2 is 2.12 bits per heavy atom. The van der Waals surface area contributed by atoms with E-state index >= 15 is 0 Å². The predicted molar refractivity (Wildman–Crippen MR) is 51.0 cm³/mol. The molecule has 5 nitrogen and oxygen atoms in total. The zero-order chi connectivity index (χ0) is 12.5. The molecule has 1 aromatic heterocycles. The molecule has 0 fully saturated rings. The van der Waals surface area contributed by atoms with Crippen molar-refractivity contribution >= 4 is 34.1 Å². The lowest BCUT2D eigenvalue weighted by molar-refractivity contribution is -0.385. The van der Waals surface area contributed by atoms with Gasteiger partial charge >= 0.3 is 5.69 Å². The molecule has 0 amide bonds. The summed E-state index contributed by atoms with van der Waals surface area (Å²) in [5.41, 5.74) is -2.46. The number of hydrogen-bond acceptors (Lipinski definition) is 4. The maximum Gasteiger partial charge on any atom is 0.307 e. The van der Waals surface area contributed by atoms with Crippen LogP contribution in [0.5, 0.6) is 0 Å². The molecule has 0 unspecified atom stereocenters. The van der Waals surface area contributed by atoms with Crippen LogP contribution in [0.1, 0.15) is 22.5 Å². The fourth-order valence-electron chi connectivity index (χ4n) is 0.945. The summed E-state index contributed by atoms with van der Waals surface area (Å²) in [4.78, 5) is 23.3. The number of aromatic nitrogens is 1. The van der Waals surface area contributed by atoms with Crippen LogP contribution in [0.4, 0.5) is 14.5 Å². The first-order valence-electron chi connectivity index (χ1n) is 3.67. The Kier molecular flexibility index (Phi) is 3.71. The number of alkyl halides is 2. The Morgan fingerprint density at radius 1 is 1.56 bits per heavy atom. The lowest BCUT2D eigenvalue weighted by Crippen LogP contribution is -2.04. The van der Waals surface area contributed by atoms with Gasteiger partial charge in [0.25, 0.3) is 11.7 Å². The van der Waals surface area contributed by atoms with Crippen molar-refractivity contribution in [2.24, 2.45) is 0 Å². The van der Waals surface area contributed by atoms with Crippen molar-refractivity contribution in [2.45, 2.75) is 6.43 Å². The maximum absolute atomic E-state index is 12.4. The number of carbonyl (C=O) groups excluding carboxylic acids is 1. The van der Waals surface area contributed by atoms with E-state index in [1.807, 2.05) is 0 Å². The predicted octanol–water partition coefficient (Wildman–Crippen LogP) is 2.96. The average Bonchev–Trinajstić information content (AvgIpc) is 2.15. The zero-order valence-electron chi connectivity index (χ0n) is 7.29. The topological polar surface area (TPSA) is 73.1 Å². The summed E-state index contributed by atoms with van der Waals surface area (Å²) in [6.07, 6.45) is -3.10. The van der Waals surface area contributed by atoms with Crippen molar-refractivity contribution in [3.8, 4) is 0 Å². The second kappa shape index (κ2) is 4.67. The summed E-state index contributed by atoms with van der Waals surface area (Å²) < 4.78 is 24.8. The molecule has 0 radical (unpaired) electrons. The molecular weight excluding hydrogens is 269 g/mol. The third-order valence-corrected chi connectivity index (χ3v) is 2.08. The van der Waals surface area contributed by atoms with Gasteiger partial charge in [0, 0.05) is 6.07 Å². The van der Waals surface area contributed by atoms with Crippen LogP contribution in [0, 0.1) is 10.1 Å². The first-order chi connectivity index (χ1) is 7.34. The molecule has 16 heavy (non-hydrogen) atoms. The van der Waals surface area contributed by atoms with Crippen molar-refractivity contribution < 1.29 is 18.5 Å². The molecule has 0 saturated heterocycles. The Balaban J connectivity index is 3.49. The van der Waals surface area contributed by atoms with Gasteiger partial charge in [-0.2, -0.15) is 0 Å². The molecule has 0 saturated carbocycles. The highest BCUT2D eigenvalue weighted by molar-refractivity contribution is 6.68. The van der Waals surface area contributed by atoms with Gasteiger partial charge in [-0.3, -0.25) is 14.9 Å². The van der Waals surface area contributed by atoms with Crippen molar-refractivity contribution in [1.82, 2.24) is 4.98 Å². The van der Waals surface area contributed by atoms with E-state index < -0.39 is 38.7 Å². The van der Waals surface area contributed by atoms with Gasteiger partial charge in [0.15, 0.2) is 0 Å². The number of pyridine rings is 1. The van der Waals surface area contributed by atoms with Crippen molar-refractivity contribution in [3.05, 3.63) is 32.6 Å². The van der Waals surface area contributed by atoms with Crippen molar-refractivity contribution in [1.29, 1.82) is 0 Å². The normalized spacial score (nSPS) is 10.6. The van der Waals surface area contributed by atoms with Gasteiger partial charge in [0.1, 0.15) is 5.69 Å². The van der Waals surface area contributed by atoms with Crippen LogP contribution in [0.25, 0.3) is 0 Å². The summed E-state index contributed by atoms with van der Waals surface area (Å²) in [7, 11) is 0. The van der Waals surface area contributed by atoms with Crippen LogP contribution >= 0.6 is 23.2 Å². The molecule has 0 atom stereocenters. The fraction of sp³-hybridized carbons (Fsp3) is 0.143. The van der Waals surface area contributed by atoms with E-state index in [-0.39, 0.29) is 0 Å². The highest BCUT2D eigenvalue weighted by atomic mass is 35.5. The molecule has 9 heteroatoms. The minimum Gasteiger partial charge on any atom is -0.276 e. The lowest BCUT2D eigenvalue weighted by Gasteiger charge is -2.04. The Bertz CT molecular complexity index is 467. The number of nitrogens with zero attached hydrogens (tertiary/aromatic N) is 2. The Morgan fingerprint density at radius 3 is 2.50 bits per heavy atom. The molecule has 0 bridgehead atoms. The number of nitro groups is 1. The molecule has 0 spiro atoms. The van der Waals surface area contributed by atoms with Gasteiger partial charge in [-0.15, -0.1) is 0 Å². The third-order valence-electron chi connectivity index (χ3n) is 1.60. The first kappa shape index (κ1) is 12.7. The van der Waals surface area contributed by atoms with Crippen LogP contribution in [0.15, 0.2) is 6.07 Å². The third kappa shape index (κ3) is 2.42. The van der Waals surface area contributed by atoms with E-state index in [0.717, 1.165) is 0 Å². The van der Waals surface area contributed by atoms with Gasteiger partial charge in [0.05, 0.1) is 10.5 Å². The van der Waals surface area contributed by atoms with Gasteiger partial charge in [0.2, 0.25) is 5.15 Å². The number of carbonyl (C=O) groups is 1. The van der Waals surface area contributed by atoms with E-state index in [4.69, 9.17) is 23.2 Å². The largest absolute Gasteiger partial charge is 0.307 e. The summed E-state index contributed by atoms with van der Waals surface area (Å²) >= 11 is 10.3. The fourth-order valence-corrected chi connectivity index (χ4v) is 1.31. The van der Waals surface area contributed by atoms with Crippen molar-refractivity contribution in [3.63, 3.8) is 0 Å². The number of halogens is 4. The van der Waals surface area contributed by atoms with Crippen LogP contribution in [-0.4, -0.2) is 15.1 Å². The van der Waals surface area contributed by atoms with Crippen LogP contribution in [0.3, 0.4) is 0 Å². The monoisotopic (exact) mass is 270 g/mol. The molecular formula is C7H2Cl2F2N2O3. The standard InChI is InChI=1S/C7H2Cl2F2N2O3/c8-5-3(13(15)16)1-2(6(9)14)4(12-5)7(10)11/h1,7H. The quantitative estimate of drug-likeness (QED) is 0.366. The highest BCUT2D eigenvalue weighted by Crippen LogP contribution is 2.30. The van der Waals surface area contributed by atoms with Crippen molar-refractivity contribution in [2.75, 3.05) is 0 Å². The number of hydrogen-bond donors (Lipinski definition) is 0. The van der Waals surface area contributed by atoms with Gasteiger partial charge in [-0.25, -0.2) is 13.8 Å². The Hall–Kier alpha value is -1.34. The molecule has 0 aliphatic carbocycles. The van der Waals surface area contributed by atoms with E-state index in [1.54, 1.807) is 0 Å². The Labute approximate surface area is 97.1 Å². The molecule has 0 N–H and O–H groups in total. The van der Waals surface area contributed by atoms with Crippen LogP contribution < -0.4 is 0 Å². The molecule has 86 valence electrons. The smallest absolute Gasteiger partial charge is 0.276 e. The summed E-state index contributed by atoms with van der Waals surface area (Å²) in [6.45, 7) is 0. The highest BCUT2D eigenvalue weighted by Gasteiger charge is 2.25. The second-order valence-electron chi connectivity index (χ2n) is 2.56. The molecule has 1 aromatic rings. The lowest BCUT2D eigenvalue weighted by atomic mass is 10.2.